The molecule has 0 N–H and O–H groups in total. The molecule has 2 heterocycles. The van der Waals surface area contributed by atoms with Gasteiger partial charge >= 0.3 is 0 Å². The minimum absolute atomic E-state index is 0.300. The normalized spacial score (nSPS) is 18.4. The van der Waals surface area contributed by atoms with Gasteiger partial charge in [0.25, 0.3) is 0 Å². The van der Waals surface area contributed by atoms with Crippen molar-refractivity contribution in [1.29, 1.82) is 0 Å². The Balaban J connectivity index is 1.55. The van der Waals surface area contributed by atoms with Crippen LogP contribution in [0.3, 0.4) is 0 Å². The summed E-state index contributed by atoms with van der Waals surface area (Å²) in [5.41, 5.74) is 1.24. The third-order valence-corrected chi connectivity index (χ3v) is 6.78. The van der Waals surface area contributed by atoms with Gasteiger partial charge in [0.2, 0.25) is 10.0 Å². The van der Waals surface area contributed by atoms with Gasteiger partial charge in [-0.15, -0.1) is 0 Å². The molecule has 0 spiro atoms. The summed E-state index contributed by atoms with van der Waals surface area (Å²) in [7, 11) is -3.39. The van der Waals surface area contributed by atoms with Gasteiger partial charge in [-0.25, -0.2) is 13.4 Å². The maximum atomic E-state index is 12.6. The Kier molecular flexibility index (Phi) is 4.48. The molecule has 0 radical (unpaired) electrons. The lowest BCUT2D eigenvalue weighted by Crippen LogP contribution is -2.29. The third kappa shape index (κ3) is 3.55. The Bertz CT molecular complexity index is 812. The number of benzene rings is 1. The highest BCUT2D eigenvalue weighted by Gasteiger charge is 2.31. The molecule has 1 aliphatic heterocycles. The molecule has 1 aromatic heterocycles. The Morgan fingerprint density at radius 2 is 1.76 bits per heavy atom. The molecule has 0 atom stereocenters. The Morgan fingerprint density at radius 1 is 1.04 bits per heavy atom. The summed E-state index contributed by atoms with van der Waals surface area (Å²) in [6, 6.07) is 14.4. The van der Waals surface area contributed by atoms with Crippen LogP contribution in [0.2, 0.25) is 0 Å². The van der Waals surface area contributed by atoms with Crippen LogP contribution < -0.4 is 4.90 Å². The van der Waals surface area contributed by atoms with E-state index in [2.05, 4.69) is 22.0 Å². The van der Waals surface area contributed by atoms with Crippen LogP contribution in [-0.2, 0) is 16.6 Å². The topological polar surface area (TPSA) is 53.5 Å². The van der Waals surface area contributed by atoms with Crippen molar-refractivity contribution in [2.75, 3.05) is 18.0 Å². The van der Waals surface area contributed by atoms with Crippen molar-refractivity contribution in [3.05, 3.63) is 54.2 Å². The zero-order valence-electron chi connectivity index (χ0n) is 14.2. The molecule has 1 saturated carbocycles. The molecular formula is C19H23N3O2S. The van der Waals surface area contributed by atoms with Gasteiger partial charge in [0, 0.05) is 31.9 Å². The summed E-state index contributed by atoms with van der Waals surface area (Å²) in [5, 5.41) is 0. The molecule has 2 aliphatic rings. The second kappa shape index (κ2) is 6.77. The standard InChI is InChI=1S/C19H23N3O2S/c23-25(24,21-12-4-5-13-21)18-10-11-19(20-14-18)22(17-8-9-17)15-16-6-2-1-3-7-16/h1-3,6-7,10-11,14,17H,4-5,8-9,12-13,15H2. The number of rotatable bonds is 6. The quantitative estimate of drug-likeness (QED) is 0.797. The van der Waals surface area contributed by atoms with Gasteiger partial charge in [0.15, 0.2) is 0 Å². The highest BCUT2D eigenvalue weighted by Crippen LogP contribution is 2.32. The zero-order chi connectivity index (χ0) is 17.3. The monoisotopic (exact) mass is 357 g/mol. The first-order valence-electron chi connectivity index (χ1n) is 8.91. The van der Waals surface area contributed by atoms with E-state index in [0.717, 1.165) is 25.2 Å². The van der Waals surface area contributed by atoms with Gasteiger partial charge in [0.1, 0.15) is 10.7 Å². The lowest BCUT2D eigenvalue weighted by atomic mass is 10.2. The number of sulfonamides is 1. The van der Waals surface area contributed by atoms with Gasteiger partial charge in [-0.1, -0.05) is 30.3 Å². The fourth-order valence-corrected chi connectivity index (χ4v) is 4.80. The molecule has 1 aliphatic carbocycles. The Hall–Kier alpha value is -1.92. The number of hydrogen-bond acceptors (Lipinski definition) is 4. The average molecular weight is 357 g/mol. The van der Waals surface area contributed by atoms with Gasteiger partial charge in [0.05, 0.1) is 0 Å². The van der Waals surface area contributed by atoms with Crippen molar-refractivity contribution in [2.45, 2.75) is 43.2 Å². The molecule has 0 unspecified atom stereocenters. The molecule has 1 aromatic carbocycles. The lowest BCUT2D eigenvalue weighted by Gasteiger charge is -2.24. The molecule has 2 fully saturated rings. The molecule has 0 bridgehead atoms. The number of nitrogens with zero attached hydrogens (tertiary/aromatic N) is 3. The molecule has 132 valence electrons. The zero-order valence-corrected chi connectivity index (χ0v) is 15.0. The average Bonchev–Trinajstić information content (AvgIpc) is 3.32. The fraction of sp³-hybridized carbons (Fsp3) is 0.421. The van der Waals surface area contributed by atoms with Crippen LogP contribution in [0.25, 0.3) is 0 Å². The third-order valence-electron chi connectivity index (χ3n) is 4.90. The maximum Gasteiger partial charge on any atom is 0.244 e. The van der Waals surface area contributed by atoms with Gasteiger partial charge in [-0.2, -0.15) is 4.31 Å². The predicted octanol–water partition coefficient (Wildman–Crippen LogP) is 3.04. The van der Waals surface area contributed by atoms with E-state index in [1.54, 1.807) is 10.4 Å². The molecule has 25 heavy (non-hydrogen) atoms. The van der Waals surface area contributed by atoms with Crippen molar-refractivity contribution >= 4 is 15.8 Å². The predicted molar refractivity (Wildman–Crippen MR) is 97.9 cm³/mol. The van der Waals surface area contributed by atoms with E-state index >= 15 is 0 Å². The SMILES string of the molecule is O=S(=O)(c1ccc(N(Cc2ccccc2)C2CC2)nc1)N1CCCC1. The Morgan fingerprint density at radius 3 is 2.36 bits per heavy atom. The minimum atomic E-state index is -3.39. The van der Waals surface area contributed by atoms with Crippen molar-refractivity contribution in [1.82, 2.24) is 9.29 Å². The van der Waals surface area contributed by atoms with Crippen LogP contribution in [0.5, 0.6) is 0 Å². The molecule has 4 rings (SSSR count). The van der Waals surface area contributed by atoms with Crippen LogP contribution in [0.15, 0.2) is 53.6 Å². The van der Waals surface area contributed by atoms with Crippen molar-refractivity contribution in [3.63, 3.8) is 0 Å². The molecule has 5 nitrogen and oxygen atoms in total. The first-order chi connectivity index (χ1) is 12.1. The van der Waals surface area contributed by atoms with E-state index < -0.39 is 10.0 Å². The number of hydrogen-bond donors (Lipinski definition) is 0. The molecule has 2 aromatic rings. The minimum Gasteiger partial charge on any atom is -0.349 e. The second-order valence-electron chi connectivity index (χ2n) is 6.81. The van der Waals surface area contributed by atoms with E-state index in [1.807, 2.05) is 24.3 Å². The fourth-order valence-electron chi connectivity index (χ4n) is 3.34. The lowest BCUT2D eigenvalue weighted by molar-refractivity contribution is 0.477. The van der Waals surface area contributed by atoms with Crippen LogP contribution in [0, 0.1) is 0 Å². The Labute approximate surface area is 149 Å². The van der Waals surface area contributed by atoms with Gasteiger partial charge in [-0.3, -0.25) is 0 Å². The van der Waals surface area contributed by atoms with Crippen LogP contribution >= 0.6 is 0 Å². The van der Waals surface area contributed by atoms with E-state index in [1.165, 1.54) is 24.6 Å². The summed E-state index contributed by atoms with van der Waals surface area (Å²) in [5.74, 6) is 0.853. The maximum absolute atomic E-state index is 12.6. The first kappa shape index (κ1) is 16.5. The highest BCUT2D eigenvalue weighted by atomic mass is 32.2. The second-order valence-corrected chi connectivity index (χ2v) is 8.75. The number of pyridine rings is 1. The highest BCUT2D eigenvalue weighted by molar-refractivity contribution is 7.89. The number of anilines is 1. The van der Waals surface area contributed by atoms with E-state index in [0.29, 0.717) is 24.0 Å². The van der Waals surface area contributed by atoms with Crippen LogP contribution in [0.1, 0.15) is 31.2 Å². The summed E-state index contributed by atoms with van der Waals surface area (Å²) in [4.78, 5) is 7.07. The first-order valence-corrected chi connectivity index (χ1v) is 10.4. The van der Waals surface area contributed by atoms with Crippen molar-refractivity contribution in [2.24, 2.45) is 0 Å². The number of aromatic nitrogens is 1. The molecule has 1 saturated heterocycles. The van der Waals surface area contributed by atoms with Crippen molar-refractivity contribution in [3.8, 4) is 0 Å². The summed E-state index contributed by atoms with van der Waals surface area (Å²) in [6.45, 7) is 2.04. The molecule has 0 amide bonds. The van der Waals surface area contributed by atoms with Gasteiger partial charge in [-0.05, 0) is 43.4 Å². The van der Waals surface area contributed by atoms with Crippen molar-refractivity contribution < 1.29 is 8.42 Å². The molecular weight excluding hydrogens is 334 g/mol. The molecule has 6 heteroatoms. The summed E-state index contributed by atoms with van der Waals surface area (Å²) < 4.78 is 26.8. The largest absolute Gasteiger partial charge is 0.349 e. The van der Waals surface area contributed by atoms with E-state index in [4.69, 9.17) is 0 Å². The summed E-state index contributed by atoms with van der Waals surface area (Å²) in [6.07, 6.45) is 5.74. The van der Waals surface area contributed by atoms with Gasteiger partial charge < -0.3 is 4.90 Å². The summed E-state index contributed by atoms with van der Waals surface area (Å²) >= 11 is 0. The van der Waals surface area contributed by atoms with Crippen LogP contribution in [0.4, 0.5) is 5.82 Å². The van der Waals surface area contributed by atoms with Crippen LogP contribution in [-0.4, -0.2) is 36.8 Å². The van der Waals surface area contributed by atoms with E-state index in [-0.39, 0.29) is 0 Å². The van der Waals surface area contributed by atoms with E-state index in [9.17, 15) is 8.42 Å². The smallest absolute Gasteiger partial charge is 0.244 e.